The zero-order chi connectivity index (χ0) is 15.1. The molecule has 0 bridgehead atoms. The summed E-state index contributed by atoms with van der Waals surface area (Å²) in [6.07, 6.45) is 1.73. The Morgan fingerprint density at radius 1 is 1.24 bits per heavy atom. The third-order valence-corrected chi connectivity index (χ3v) is 3.05. The van der Waals surface area contributed by atoms with Crippen molar-refractivity contribution in [2.24, 2.45) is 5.92 Å². The first-order valence-electron chi connectivity index (χ1n) is 7.23. The molecule has 0 saturated carbocycles. The molecule has 1 N–H and O–H groups in total. The minimum atomic E-state index is -0.240. The van der Waals surface area contributed by atoms with Crippen LogP contribution in [0.4, 0.5) is 4.39 Å². The van der Waals surface area contributed by atoms with E-state index in [1.54, 1.807) is 24.5 Å². The van der Waals surface area contributed by atoms with Gasteiger partial charge in [0.2, 0.25) is 0 Å². The molecule has 4 heteroatoms. The predicted octanol–water partition coefficient (Wildman–Crippen LogP) is 3.88. The molecule has 114 valence electrons. The molecule has 0 atom stereocenters. The molecule has 0 saturated heterocycles. The summed E-state index contributed by atoms with van der Waals surface area (Å²) in [5, 5.41) is 3.35. The number of hydrogen-bond donors (Lipinski definition) is 1. The summed E-state index contributed by atoms with van der Waals surface area (Å²) in [5.41, 5.74) is 1.66. The molecule has 0 aliphatic rings. The summed E-state index contributed by atoms with van der Waals surface area (Å²) < 4.78 is 24.3. The van der Waals surface area contributed by atoms with Crippen molar-refractivity contribution in [1.29, 1.82) is 0 Å². The zero-order valence-electron chi connectivity index (χ0n) is 12.6. The summed E-state index contributed by atoms with van der Waals surface area (Å²) in [6.45, 7) is 6.70. The van der Waals surface area contributed by atoms with Gasteiger partial charge in [0.15, 0.2) is 0 Å². The Hall–Kier alpha value is -1.65. The van der Waals surface area contributed by atoms with E-state index in [1.807, 2.05) is 6.07 Å². The molecule has 1 heterocycles. The number of rotatable bonds is 8. The second-order valence-electron chi connectivity index (χ2n) is 5.53. The largest absolute Gasteiger partial charge is 0.467 e. The van der Waals surface area contributed by atoms with Crippen molar-refractivity contribution in [2.45, 2.75) is 33.6 Å². The third-order valence-electron chi connectivity index (χ3n) is 3.05. The van der Waals surface area contributed by atoms with Gasteiger partial charge in [-0.05, 0) is 24.6 Å². The van der Waals surface area contributed by atoms with Gasteiger partial charge in [0.1, 0.15) is 18.2 Å². The summed E-state index contributed by atoms with van der Waals surface area (Å²) in [4.78, 5) is 0. The summed E-state index contributed by atoms with van der Waals surface area (Å²) in [6, 6.07) is 8.59. The predicted molar refractivity (Wildman–Crippen MR) is 80.1 cm³/mol. The molecule has 0 fully saturated rings. The Labute approximate surface area is 125 Å². The van der Waals surface area contributed by atoms with Crippen LogP contribution >= 0.6 is 0 Å². The Bertz CT molecular complexity index is 551. The highest BCUT2D eigenvalue weighted by Gasteiger charge is 2.04. The molecule has 2 aromatic rings. The minimum absolute atomic E-state index is 0.240. The molecule has 1 aromatic heterocycles. The molecule has 0 radical (unpaired) electrons. The van der Waals surface area contributed by atoms with E-state index >= 15 is 0 Å². The molecule has 2 rings (SSSR count). The van der Waals surface area contributed by atoms with Crippen molar-refractivity contribution >= 4 is 0 Å². The smallest absolute Gasteiger partial charge is 0.129 e. The fraction of sp³-hybridized carbons (Fsp3) is 0.412. The van der Waals surface area contributed by atoms with Crippen LogP contribution in [0.3, 0.4) is 0 Å². The maximum Gasteiger partial charge on any atom is 0.129 e. The van der Waals surface area contributed by atoms with Crippen molar-refractivity contribution in [3.05, 3.63) is 59.3 Å². The maximum atomic E-state index is 13.4. The van der Waals surface area contributed by atoms with Gasteiger partial charge in [-0.2, -0.15) is 0 Å². The SMILES string of the molecule is CC(C)CNCc1coc(COCc2ccccc2F)c1. The normalized spacial score (nSPS) is 11.2. The standard InChI is InChI=1S/C17H22FNO2/c1-13(2)8-19-9-14-7-16(21-10-14)12-20-11-15-5-3-4-6-17(15)18/h3-7,10,13,19H,8-9,11-12H2,1-2H3. The Morgan fingerprint density at radius 3 is 2.81 bits per heavy atom. The van der Waals surface area contributed by atoms with E-state index in [0.29, 0.717) is 18.1 Å². The van der Waals surface area contributed by atoms with Gasteiger partial charge in [-0.25, -0.2) is 4.39 Å². The molecule has 0 spiro atoms. The van der Waals surface area contributed by atoms with Crippen molar-refractivity contribution in [2.75, 3.05) is 6.54 Å². The van der Waals surface area contributed by atoms with Crippen molar-refractivity contribution in [1.82, 2.24) is 5.32 Å². The fourth-order valence-electron chi connectivity index (χ4n) is 1.98. The van der Waals surface area contributed by atoms with Crippen LogP contribution in [0.2, 0.25) is 0 Å². The van der Waals surface area contributed by atoms with Crippen LogP contribution in [0.15, 0.2) is 41.0 Å². The van der Waals surface area contributed by atoms with Gasteiger partial charge in [-0.1, -0.05) is 32.0 Å². The highest BCUT2D eigenvalue weighted by molar-refractivity contribution is 5.16. The first kappa shape index (κ1) is 15.7. The van der Waals surface area contributed by atoms with Crippen LogP contribution in [0.1, 0.15) is 30.7 Å². The average molecular weight is 291 g/mol. The molecular formula is C17H22FNO2. The van der Waals surface area contributed by atoms with E-state index in [1.165, 1.54) is 6.07 Å². The first-order chi connectivity index (χ1) is 10.1. The summed E-state index contributed by atoms with van der Waals surface area (Å²) in [5.74, 6) is 1.14. The number of nitrogens with one attached hydrogen (secondary N) is 1. The van der Waals surface area contributed by atoms with Crippen molar-refractivity contribution < 1.29 is 13.5 Å². The van der Waals surface area contributed by atoms with Gasteiger partial charge in [0.25, 0.3) is 0 Å². The van der Waals surface area contributed by atoms with E-state index in [2.05, 4.69) is 19.2 Å². The lowest BCUT2D eigenvalue weighted by molar-refractivity contribution is 0.0909. The second kappa shape index (κ2) is 7.96. The highest BCUT2D eigenvalue weighted by atomic mass is 19.1. The molecule has 21 heavy (non-hydrogen) atoms. The second-order valence-corrected chi connectivity index (χ2v) is 5.53. The highest BCUT2D eigenvalue weighted by Crippen LogP contribution is 2.12. The van der Waals surface area contributed by atoms with Crippen LogP contribution in [0.5, 0.6) is 0 Å². The minimum Gasteiger partial charge on any atom is -0.467 e. The van der Waals surface area contributed by atoms with Crippen molar-refractivity contribution in [3.8, 4) is 0 Å². The molecule has 0 amide bonds. The number of furan rings is 1. The molecule has 3 nitrogen and oxygen atoms in total. The topological polar surface area (TPSA) is 34.4 Å². The zero-order valence-corrected chi connectivity index (χ0v) is 12.6. The maximum absolute atomic E-state index is 13.4. The van der Waals surface area contributed by atoms with Gasteiger partial charge < -0.3 is 14.5 Å². The molecule has 0 aliphatic heterocycles. The van der Waals surface area contributed by atoms with Crippen LogP contribution in [-0.2, 0) is 24.5 Å². The van der Waals surface area contributed by atoms with E-state index in [0.717, 1.165) is 24.4 Å². The third kappa shape index (κ3) is 5.33. The van der Waals surface area contributed by atoms with Gasteiger partial charge in [0.05, 0.1) is 12.9 Å². The molecule has 0 aliphatic carbocycles. The number of hydrogen-bond acceptors (Lipinski definition) is 3. The Balaban J connectivity index is 1.74. The van der Waals surface area contributed by atoms with E-state index in [9.17, 15) is 4.39 Å². The molecular weight excluding hydrogens is 269 g/mol. The fourth-order valence-corrected chi connectivity index (χ4v) is 1.98. The van der Waals surface area contributed by atoms with Crippen molar-refractivity contribution in [3.63, 3.8) is 0 Å². The lowest BCUT2D eigenvalue weighted by atomic mass is 10.2. The van der Waals surface area contributed by atoms with E-state index < -0.39 is 0 Å². The summed E-state index contributed by atoms with van der Waals surface area (Å²) >= 11 is 0. The van der Waals surface area contributed by atoms with Gasteiger partial charge >= 0.3 is 0 Å². The van der Waals surface area contributed by atoms with E-state index in [4.69, 9.17) is 9.15 Å². The van der Waals surface area contributed by atoms with Gasteiger partial charge in [-0.15, -0.1) is 0 Å². The van der Waals surface area contributed by atoms with Crippen LogP contribution in [0.25, 0.3) is 0 Å². The monoisotopic (exact) mass is 291 g/mol. The van der Waals surface area contributed by atoms with Gasteiger partial charge in [0, 0.05) is 17.7 Å². The number of benzene rings is 1. The molecule has 1 aromatic carbocycles. The lowest BCUT2D eigenvalue weighted by Gasteiger charge is -2.05. The van der Waals surface area contributed by atoms with Crippen LogP contribution in [-0.4, -0.2) is 6.54 Å². The van der Waals surface area contributed by atoms with E-state index in [-0.39, 0.29) is 12.4 Å². The number of ether oxygens (including phenoxy) is 1. The lowest BCUT2D eigenvalue weighted by Crippen LogP contribution is -2.18. The Kier molecular flexibility index (Phi) is 5.96. The first-order valence-corrected chi connectivity index (χ1v) is 7.23. The quantitative estimate of drug-likeness (QED) is 0.801. The average Bonchev–Trinajstić information content (AvgIpc) is 2.88. The van der Waals surface area contributed by atoms with Crippen LogP contribution in [0, 0.1) is 11.7 Å². The number of halogens is 1. The Morgan fingerprint density at radius 2 is 2.05 bits per heavy atom. The summed E-state index contributed by atoms with van der Waals surface area (Å²) in [7, 11) is 0. The van der Waals surface area contributed by atoms with Gasteiger partial charge in [-0.3, -0.25) is 0 Å². The van der Waals surface area contributed by atoms with Crippen LogP contribution < -0.4 is 5.32 Å². The molecule has 0 unspecified atom stereocenters.